The van der Waals surface area contributed by atoms with Gasteiger partial charge in [0.25, 0.3) is 5.91 Å². The van der Waals surface area contributed by atoms with E-state index < -0.39 is 0 Å². The van der Waals surface area contributed by atoms with Crippen LogP contribution in [0.3, 0.4) is 0 Å². The highest BCUT2D eigenvalue weighted by atomic mass is 32.1. The molecule has 0 bridgehead atoms. The van der Waals surface area contributed by atoms with E-state index in [0.717, 1.165) is 38.7 Å². The first-order valence-electron chi connectivity index (χ1n) is 10.8. The number of aromatic amines is 1. The third-order valence-corrected chi connectivity index (χ3v) is 6.82. The topological polar surface area (TPSA) is 104 Å². The fraction of sp³-hybridized carbons (Fsp3) is 0.250. The number of rotatable bonds is 5. The number of para-hydroxylation sites is 1. The highest BCUT2D eigenvalue weighted by molar-refractivity contribution is 7.18. The molecule has 3 aromatic heterocycles. The minimum Gasteiger partial charge on any atom is -0.404 e. The monoisotopic (exact) mass is 459 g/mol. The number of H-pyrrole nitrogens is 1. The first-order chi connectivity index (χ1) is 16.0. The molecule has 9 heteroatoms. The average Bonchev–Trinajstić information content (AvgIpc) is 3.46. The van der Waals surface area contributed by atoms with E-state index in [9.17, 15) is 4.79 Å². The van der Waals surface area contributed by atoms with E-state index in [1.165, 1.54) is 6.20 Å². The zero-order valence-corrected chi connectivity index (χ0v) is 19.3. The molecular weight excluding hydrogens is 434 g/mol. The molecule has 3 N–H and O–H groups in total. The van der Waals surface area contributed by atoms with Gasteiger partial charge in [-0.1, -0.05) is 18.2 Å². The van der Waals surface area contributed by atoms with Gasteiger partial charge in [-0.25, -0.2) is 9.97 Å². The maximum atomic E-state index is 13.8. The third-order valence-electron chi connectivity index (χ3n) is 5.73. The summed E-state index contributed by atoms with van der Waals surface area (Å²) < 4.78 is 1.08. The predicted molar refractivity (Wildman–Crippen MR) is 129 cm³/mol. The Labute approximate surface area is 195 Å². The predicted octanol–water partition coefficient (Wildman–Crippen LogP) is 2.95. The van der Waals surface area contributed by atoms with E-state index in [0.29, 0.717) is 24.2 Å². The van der Waals surface area contributed by atoms with Crippen LogP contribution in [0.25, 0.3) is 15.8 Å². The minimum atomic E-state index is -0.357. The second-order valence-corrected chi connectivity index (χ2v) is 9.37. The Bertz CT molecular complexity index is 1290. The van der Waals surface area contributed by atoms with E-state index in [2.05, 4.69) is 19.9 Å². The number of carbonyl (C=O) groups excluding carboxylic acids is 1. The second-order valence-electron chi connectivity index (χ2n) is 8.30. The van der Waals surface area contributed by atoms with E-state index in [1.807, 2.05) is 55.4 Å². The van der Waals surface area contributed by atoms with Gasteiger partial charge in [0, 0.05) is 31.9 Å². The Morgan fingerprint density at radius 2 is 2.12 bits per heavy atom. The lowest BCUT2D eigenvalue weighted by Crippen LogP contribution is -2.41. The van der Waals surface area contributed by atoms with Crippen LogP contribution in [0.4, 0.5) is 0 Å². The summed E-state index contributed by atoms with van der Waals surface area (Å²) in [5, 5.41) is 0.848. The number of amides is 1. The first kappa shape index (κ1) is 21.3. The van der Waals surface area contributed by atoms with Crippen LogP contribution in [0.5, 0.6) is 0 Å². The Kier molecular flexibility index (Phi) is 5.65. The molecule has 1 aliphatic rings. The summed E-state index contributed by atoms with van der Waals surface area (Å²) in [7, 11) is 4.01. The SMILES string of the molecule is CN(C)Cc1ccc(/C(=C\N)C(=O)N2CCc3nc[nH]c3[C@H]2c2nc3ccccc3s2)nc1. The molecule has 1 aliphatic heterocycles. The van der Waals surface area contributed by atoms with Crippen molar-refractivity contribution in [2.75, 3.05) is 20.6 Å². The average molecular weight is 460 g/mol. The molecule has 0 aliphatic carbocycles. The summed E-state index contributed by atoms with van der Waals surface area (Å²) in [6.45, 7) is 1.30. The number of thiazole rings is 1. The van der Waals surface area contributed by atoms with E-state index in [-0.39, 0.29) is 11.9 Å². The molecule has 4 aromatic rings. The van der Waals surface area contributed by atoms with Crippen molar-refractivity contribution in [1.82, 2.24) is 29.7 Å². The molecule has 168 valence electrons. The number of nitrogens with zero attached hydrogens (tertiary/aromatic N) is 5. The molecule has 0 saturated heterocycles. The molecule has 4 heterocycles. The zero-order chi connectivity index (χ0) is 22.9. The number of nitrogens with two attached hydrogens (primary N) is 1. The van der Waals surface area contributed by atoms with Crippen molar-refractivity contribution in [3.63, 3.8) is 0 Å². The van der Waals surface area contributed by atoms with Crippen molar-refractivity contribution in [2.24, 2.45) is 5.73 Å². The number of hydrogen-bond acceptors (Lipinski definition) is 7. The van der Waals surface area contributed by atoms with Gasteiger partial charge < -0.3 is 20.5 Å². The summed E-state index contributed by atoms with van der Waals surface area (Å²) in [4.78, 5) is 34.8. The van der Waals surface area contributed by atoms with E-state index in [4.69, 9.17) is 10.7 Å². The quantitative estimate of drug-likeness (QED) is 0.445. The van der Waals surface area contributed by atoms with Gasteiger partial charge >= 0.3 is 0 Å². The lowest BCUT2D eigenvalue weighted by molar-refractivity contribution is -0.127. The number of aromatic nitrogens is 4. The third kappa shape index (κ3) is 4.01. The molecular formula is C24H25N7OS. The van der Waals surface area contributed by atoms with Crippen LogP contribution in [0, 0.1) is 0 Å². The van der Waals surface area contributed by atoms with Gasteiger partial charge in [-0.05, 0) is 37.9 Å². The molecule has 5 rings (SSSR count). The fourth-order valence-corrected chi connectivity index (χ4v) is 5.32. The van der Waals surface area contributed by atoms with Gasteiger partial charge in [-0.3, -0.25) is 9.78 Å². The van der Waals surface area contributed by atoms with Gasteiger partial charge in [-0.2, -0.15) is 0 Å². The van der Waals surface area contributed by atoms with Crippen LogP contribution in [0.1, 0.15) is 33.7 Å². The molecule has 1 amide bonds. The highest BCUT2D eigenvalue weighted by Crippen LogP contribution is 2.38. The molecule has 0 spiro atoms. The van der Waals surface area contributed by atoms with E-state index >= 15 is 0 Å². The molecule has 0 fully saturated rings. The number of nitrogens with one attached hydrogen (secondary N) is 1. The number of imidazole rings is 1. The smallest absolute Gasteiger partial charge is 0.258 e. The number of pyridine rings is 1. The van der Waals surface area contributed by atoms with Crippen LogP contribution in [0.15, 0.2) is 55.1 Å². The van der Waals surface area contributed by atoms with Crippen molar-refractivity contribution in [3.05, 3.63) is 82.8 Å². The van der Waals surface area contributed by atoms with Gasteiger partial charge in [0.05, 0.1) is 39.2 Å². The molecule has 0 radical (unpaired) electrons. The maximum Gasteiger partial charge on any atom is 0.258 e. The van der Waals surface area contributed by atoms with Gasteiger partial charge in [0.15, 0.2) is 0 Å². The largest absolute Gasteiger partial charge is 0.404 e. The summed E-state index contributed by atoms with van der Waals surface area (Å²) >= 11 is 1.59. The van der Waals surface area contributed by atoms with Crippen molar-refractivity contribution < 1.29 is 4.79 Å². The number of fused-ring (bicyclic) bond motifs is 2. The lowest BCUT2D eigenvalue weighted by Gasteiger charge is -2.34. The summed E-state index contributed by atoms with van der Waals surface area (Å²) in [6, 6.07) is 11.5. The summed E-state index contributed by atoms with van der Waals surface area (Å²) in [6.07, 6.45) is 5.50. The normalized spacial score (nSPS) is 16.4. The van der Waals surface area contributed by atoms with Crippen LogP contribution < -0.4 is 5.73 Å². The first-order valence-corrected chi connectivity index (χ1v) is 11.6. The number of hydrogen-bond donors (Lipinski definition) is 2. The Morgan fingerprint density at radius 1 is 1.27 bits per heavy atom. The Balaban J connectivity index is 1.51. The highest BCUT2D eigenvalue weighted by Gasteiger charge is 2.37. The lowest BCUT2D eigenvalue weighted by atomic mass is 10.0. The fourth-order valence-electron chi connectivity index (χ4n) is 4.23. The van der Waals surface area contributed by atoms with Crippen molar-refractivity contribution in [3.8, 4) is 0 Å². The second kappa shape index (κ2) is 8.76. The van der Waals surface area contributed by atoms with Gasteiger partial charge in [-0.15, -0.1) is 11.3 Å². The standard InChI is InChI=1S/C24H25N7OS/c1-30(2)13-15-7-8-17(26-12-15)16(11-25)24(32)31-10-9-19-21(28-14-27-19)22(31)23-29-18-5-3-4-6-20(18)33-23/h3-8,11-12,14,22H,9-10,13,25H2,1-2H3,(H,27,28)/b16-11+/t22-/m0/s1. The molecule has 33 heavy (non-hydrogen) atoms. The van der Waals surface area contributed by atoms with E-state index in [1.54, 1.807) is 23.9 Å². The van der Waals surface area contributed by atoms with Crippen LogP contribution >= 0.6 is 11.3 Å². The van der Waals surface area contributed by atoms with Crippen molar-refractivity contribution >= 4 is 33.0 Å². The molecule has 0 unspecified atom stereocenters. The van der Waals surface area contributed by atoms with Crippen molar-refractivity contribution in [1.29, 1.82) is 0 Å². The molecule has 0 saturated carbocycles. The van der Waals surface area contributed by atoms with Gasteiger partial charge in [0.1, 0.15) is 11.0 Å². The minimum absolute atomic E-state index is 0.171. The molecule has 1 atom stereocenters. The summed E-state index contributed by atoms with van der Waals surface area (Å²) in [5.41, 5.74) is 10.8. The number of carbonyl (C=O) groups is 1. The van der Waals surface area contributed by atoms with Crippen LogP contribution in [-0.2, 0) is 17.8 Å². The van der Waals surface area contributed by atoms with Crippen molar-refractivity contribution in [2.45, 2.75) is 19.0 Å². The summed E-state index contributed by atoms with van der Waals surface area (Å²) in [5.74, 6) is -0.171. The Hall–Kier alpha value is -3.56. The number of benzene rings is 1. The Morgan fingerprint density at radius 3 is 2.85 bits per heavy atom. The molecule has 1 aromatic carbocycles. The van der Waals surface area contributed by atoms with Gasteiger partial charge in [0.2, 0.25) is 0 Å². The zero-order valence-electron chi connectivity index (χ0n) is 18.5. The molecule has 8 nitrogen and oxygen atoms in total. The van der Waals surface area contributed by atoms with Crippen LogP contribution in [-0.4, -0.2) is 56.3 Å². The van der Waals surface area contributed by atoms with Crippen LogP contribution in [0.2, 0.25) is 0 Å². The maximum absolute atomic E-state index is 13.8.